The molecule has 0 atom stereocenters. The number of ether oxygens (including phenoxy) is 1. The van der Waals surface area contributed by atoms with Crippen LogP contribution in [0.15, 0.2) is 46.9 Å². The highest BCUT2D eigenvalue weighted by Gasteiger charge is 2.05. The van der Waals surface area contributed by atoms with Crippen molar-refractivity contribution >= 4 is 27.8 Å². The summed E-state index contributed by atoms with van der Waals surface area (Å²) in [6.07, 6.45) is 3.36. The highest BCUT2D eigenvalue weighted by atomic mass is 79.9. The predicted octanol–water partition coefficient (Wildman–Crippen LogP) is 4.97. The van der Waals surface area contributed by atoms with Gasteiger partial charge < -0.3 is 4.74 Å². The van der Waals surface area contributed by atoms with E-state index in [1.807, 2.05) is 50.2 Å². The van der Waals surface area contributed by atoms with Gasteiger partial charge in [-0.1, -0.05) is 28.1 Å². The molecule has 0 spiro atoms. The number of ketones is 1. The van der Waals surface area contributed by atoms with Crippen LogP contribution in [0.2, 0.25) is 0 Å². The molecule has 108 valence electrons. The van der Waals surface area contributed by atoms with Gasteiger partial charge in [0.05, 0.1) is 7.11 Å². The predicted molar refractivity (Wildman–Crippen MR) is 90.0 cm³/mol. The first kappa shape index (κ1) is 15.5. The second-order valence-corrected chi connectivity index (χ2v) is 5.80. The third-order valence-electron chi connectivity index (χ3n) is 3.40. The summed E-state index contributed by atoms with van der Waals surface area (Å²) in [4.78, 5) is 12.2. The molecule has 0 aliphatic rings. The Labute approximate surface area is 133 Å². The fraction of sp³-hybridized carbons (Fsp3) is 0.167. The highest BCUT2D eigenvalue weighted by molar-refractivity contribution is 9.10. The summed E-state index contributed by atoms with van der Waals surface area (Å²) in [7, 11) is 1.62. The van der Waals surface area contributed by atoms with Crippen LogP contribution < -0.4 is 4.74 Å². The average Bonchev–Trinajstić information content (AvgIpc) is 2.47. The number of halogens is 1. The molecule has 0 aliphatic carbocycles. The quantitative estimate of drug-likeness (QED) is 0.578. The summed E-state index contributed by atoms with van der Waals surface area (Å²) in [6.45, 7) is 4.04. The maximum atomic E-state index is 12.2. The minimum Gasteiger partial charge on any atom is -0.496 e. The van der Waals surface area contributed by atoms with Gasteiger partial charge in [0.15, 0.2) is 5.78 Å². The molecule has 0 fully saturated rings. The van der Waals surface area contributed by atoms with Gasteiger partial charge in [0.1, 0.15) is 5.75 Å². The van der Waals surface area contributed by atoms with E-state index in [9.17, 15) is 4.79 Å². The SMILES string of the molecule is COc1ccc(Br)cc1/C=C/C(=O)c1ccc(C)c(C)c1. The van der Waals surface area contributed by atoms with E-state index in [1.54, 1.807) is 19.3 Å². The number of carbonyl (C=O) groups excluding carboxylic acids is 1. The standard InChI is InChI=1S/C18H17BrO2/c1-12-4-5-14(10-13(12)2)17(20)8-6-15-11-16(19)7-9-18(15)21-3/h4-11H,1-3H3/b8-6+. The third kappa shape index (κ3) is 3.82. The third-order valence-corrected chi connectivity index (χ3v) is 3.89. The zero-order valence-corrected chi connectivity index (χ0v) is 13.9. The topological polar surface area (TPSA) is 26.3 Å². The molecule has 0 amide bonds. The van der Waals surface area contributed by atoms with E-state index in [1.165, 1.54) is 5.56 Å². The Balaban J connectivity index is 2.26. The van der Waals surface area contributed by atoms with E-state index in [-0.39, 0.29) is 5.78 Å². The van der Waals surface area contributed by atoms with Crippen LogP contribution in [0.25, 0.3) is 6.08 Å². The molecular weight excluding hydrogens is 328 g/mol. The van der Waals surface area contributed by atoms with Crippen LogP contribution in [0.1, 0.15) is 27.0 Å². The Morgan fingerprint density at radius 1 is 1.10 bits per heavy atom. The normalized spacial score (nSPS) is 10.9. The summed E-state index contributed by atoms with van der Waals surface area (Å²) < 4.78 is 6.24. The maximum Gasteiger partial charge on any atom is 0.185 e. The van der Waals surface area contributed by atoms with E-state index in [0.29, 0.717) is 5.56 Å². The van der Waals surface area contributed by atoms with E-state index < -0.39 is 0 Å². The molecule has 3 heteroatoms. The Morgan fingerprint density at radius 2 is 1.86 bits per heavy atom. The molecule has 0 aliphatic heterocycles. The van der Waals surface area contributed by atoms with E-state index in [4.69, 9.17) is 4.74 Å². The van der Waals surface area contributed by atoms with Crippen LogP contribution in [0.5, 0.6) is 5.75 Å². The first-order valence-corrected chi connectivity index (χ1v) is 7.44. The molecule has 2 rings (SSSR count). The molecule has 0 unspecified atom stereocenters. The Hall–Kier alpha value is -1.87. The number of allylic oxidation sites excluding steroid dienone is 1. The first-order chi connectivity index (χ1) is 10.0. The number of methoxy groups -OCH3 is 1. The van der Waals surface area contributed by atoms with Crippen molar-refractivity contribution in [3.8, 4) is 5.75 Å². The molecule has 0 saturated heterocycles. The lowest BCUT2D eigenvalue weighted by Crippen LogP contribution is -1.96. The monoisotopic (exact) mass is 344 g/mol. The molecule has 0 saturated carbocycles. The smallest absolute Gasteiger partial charge is 0.185 e. The van der Waals surface area contributed by atoms with Crippen molar-refractivity contribution in [1.82, 2.24) is 0 Å². The van der Waals surface area contributed by atoms with Gasteiger partial charge >= 0.3 is 0 Å². The van der Waals surface area contributed by atoms with Crippen molar-refractivity contribution in [3.63, 3.8) is 0 Å². The maximum absolute atomic E-state index is 12.2. The molecule has 2 aromatic carbocycles. The van der Waals surface area contributed by atoms with Gasteiger partial charge in [-0.05, 0) is 61.4 Å². The van der Waals surface area contributed by atoms with Crippen LogP contribution in [0.3, 0.4) is 0 Å². The molecule has 21 heavy (non-hydrogen) atoms. The van der Waals surface area contributed by atoms with Crippen LogP contribution >= 0.6 is 15.9 Å². The second kappa shape index (κ2) is 6.72. The highest BCUT2D eigenvalue weighted by Crippen LogP contribution is 2.24. The lowest BCUT2D eigenvalue weighted by Gasteiger charge is -2.05. The van der Waals surface area contributed by atoms with Crippen LogP contribution in [0.4, 0.5) is 0 Å². The fourth-order valence-electron chi connectivity index (χ4n) is 1.99. The van der Waals surface area contributed by atoms with Crippen molar-refractivity contribution in [2.75, 3.05) is 7.11 Å². The second-order valence-electron chi connectivity index (χ2n) is 4.88. The van der Waals surface area contributed by atoms with Crippen molar-refractivity contribution in [2.24, 2.45) is 0 Å². The lowest BCUT2D eigenvalue weighted by atomic mass is 10.0. The summed E-state index contributed by atoms with van der Waals surface area (Å²) in [5.41, 5.74) is 3.87. The number of aryl methyl sites for hydroxylation is 2. The summed E-state index contributed by atoms with van der Waals surface area (Å²) in [5, 5.41) is 0. The van der Waals surface area contributed by atoms with Gasteiger partial charge in [-0.15, -0.1) is 0 Å². The van der Waals surface area contributed by atoms with Gasteiger partial charge in [-0.3, -0.25) is 4.79 Å². The Kier molecular flexibility index (Phi) is 4.97. The molecule has 2 aromatic rings. The van der Waals surface area contributed by atoms with Gasteiger partial charge in [-0.25, -0.2) is 0 Å². The van der Waals surface area contributed by atoms with Crippen LogP contribution in [-0.4, -0.2) is 12.9 Å². The van der Waals surface area contributed by atoms with Gasteiger partial charge in [0.25, 0.3) is 0 Å². The number of carbonyl (C=O) groups is 1. The summed E-state index contributed by atoms with van der Waals surface area (Å²) >= 11 is 3.42. The van der Waals surface area contributed by atoms with E-state index in [0.717, 1.165) is 21.3 Å². The molecule has 2 nitrogen and oxygen atoms in total. The molecular formula is C18H17BrO2. The van der Waals surface area contributed by atoms with Crippen molar-refractivity contribution in [1.29, 1.82) is 0 Å². The molecule has 0 radical (unpaired) electrons. The van der Waals surface area contributed by atoms with Crippen LogP contribution in [-0.2, 0) is 0 Å². The summed E-state index contributed by atoms with van der Waals surface area (Å²) in [5.74, 6) is 0.725. The molecule has 0 bridgehead atoms. The number of hydrogen-bond donors (Lipinski definition) is 0. The zero-order chi connectivity index (χ0) is 15.4. The summed E-state index contributed by atoms with van der Waals surface area (Å²) in [6, 6.07) is 11.4. The van der Waals surface area contributed by atoms with Crippen molar-refractivity contribution < 1.29 is 9.53 Å². The largest absolute Gasteiger partial charge is 0.496 e. The first-order valence-electron chi connectivity index (χ1n) is 6.64. The molecule has 0 heterocycles. The van der Waals surface area contributed by atoms with E-state index >= 15 is 0 Å². The van der Waals surface area contributed by atoms with Crippen LogP contribution in [0, 0.1) is 13.8 Å². The minimum atomic E-state index is -0.0138. The van der Waals surface area contributed by atoms with Gasteiger partial charge in [0, 0.05) is 15.6 Å². The average molecular weight is 345 g/mol. The lowest BCUT2D eigenvalue weighted by molar-refractivity contribution is 0.104. The van der Waals surface area contributed by atoms with Crippen molar-refractivity contribution in [2.45, 2.75) is 13.8 Å². The fourth-order valence-corrected chi connectivity index (χ4v) is 2.37. The van der Waals surface area contributed by atoms with Gasteiger partial charge in [-0.2, -0.15) is 0 Å². The Morgan fingerprint density at radius 3 is 2.52 bits per heavy atom. The number of rotatable bonds is 4. The molecule has 0 N–H and O–H groups in total. The Bertz CT molecular complexity index is 702. The van der Waals surface area contributed by atoms with E-state index in [2.05, 4.69) is 15.9 Å². The van der Waals surface area contributed by atoms with Crippen molar-refractivity contribution in [3.05, 3.63) is 69.2 Å². The molecule has 0 aromatic heterocycles. The van der Waals surface area contributed by atoms with Gasteiger partial charge in [0.2, 0.25) is 0 Å². The number of hydrogen-bond acceptors (Lipinski definition) is 2. The minimum absolute atomic E-state index is 0.0138. The zero-order valence-electron chi connectivity index (χ0n) is 12.3. The number of benzene rings is 2.